The molecule has 0 heterocycles. The molecule has 0 aliphatic rings. The van der Waals surface area contributed by atoms with Gasteiger partial charge in [-0.1, -0.05) is 0 Å². The molecule has 0 aromatic heterocycles. The topological polar surface area (TPSA) is 29.1 Å². The second-order valence-electron chi connectivity index (χ2n) is 3.28. The van der Waals surface area contributed by atoms with Gasteiger partial charge in [0.2, 0.25) is 0 Å². The van der Waals surface area contributed by atoms with Crippen molar-refractivity contribution in [3.05, 3.63) is 29.8 Å². The number of nitrogens with one attached hydrogen (secondary N) is 1. The van der Waals surface area contributed by atoms with Crippen LogP contribution in [0.3, 0.4) is 0 Å². The van der Waals surface area contributed by atoms with E-state index in [0.29, 0.717) is 5.56 Å². The summed E-state index contributed by atoms with van der Waals surface area (Å²) in [5, 5.41) is 2.93. The fourth-order valence-electron chi connectivity index (χ4n) is 1.04. The summed E-state index contributed by atoms with van der Waals surface area (Å²) in [5.74, 6) is -0.0145. The Morgan fingerprint density at radius 3 is 3.00 bits per heavy atom. The first-order valence-electron chi connectivity index (χ1n) is 4.72. The zero-order valence-electron chi connectivity index (χ0n) is 8.50. The van der Waals surface area contributed by atoms with Crippen LogP contribution in [0.25, 0.3) is 0 Å². The summed E-state index contributed by atoms with van der Waals surface area (Å²) < 4.78 is 1.03. The molecule has 0 spiro atoms. The van der Waals surface area contributed by atoms with E-state index in [2.05, 4.69) is 18.3 Å². The number of benzene rings is 1. The van der Waals surface area contributed by atoms with Crippen LogP contribution in [0.4, 0.5) is 0 Å². The number of carbonyl (C=O) groups is 1. The predicted octanol–water partition coefficient (Wildman–Crippen LogP) is 0.273. The minimum absolute atomic E-state index is 0.0145. The van der Waals surface area contributed by atoms with E-state index in [-0.39, 0.29) is 11.9 Å². The molecule has 2 atom stereocenters. The molecule has 2 nitrogen and oxygen atoms in total. The quantitative estimate of drug-likeness (QED) is 0.769. The van der Waals surface area contributed by atoms with Crippen LogP contribution in [0.15, 0.2) is 18.2 Å². The van der Waals surface area contributed by atoms with Gasteiger partial charge in [0, 0.05) is 0 Å². The Hall–Kier alpha value is -0.752. The molecule has 1 N–H and O–H groups in total. The molecule has 1 radical (unpaired) electrons. The van der Waals surface area contributed by atoms with E-state index < -0.39 is 0 Å². The van der Waals surface area contributed by atoms with Gasteiger partial charge >= 0.3 is 93.4 Å². The number of amides is 1. The number of hydrogen-bond acceptors (Lipinski definition) is 1. The molecule has 0 saturated heterocycles. The fourth-order valence-corrected chi connectivity index (χ4v) is 1.73. The monoisotopic (exact) mass is 252 g/mol. The van der Waals surface area contributed by atoms with Crippen molar-refractivity contribution in [3.8, 4) is 0 Å². The third-order valence-electron chi connectivity index (χ3n) is 2.11. The Labute approximate surface area is 93.6 Å². The second-order valence-corrected chi connectivity index (χ2v) is 4.59. The van der Waals surface area contributed by atoms with Crippen LogP contribution >= 0.6 is 0 Å². The average Bonchev–Trinajstić information content (AvgIpc) is 2.18. The summed E-state index contributed by atoms with van der Waals surface area (Å²) in [4.78, 5) is 11.7. The van der Waals surface area contributed by atoms with Gasteiger partial charge in [-0.2, -0.15) is 0 Å². The van der Waals surface area contributed by atoms with Crippen molar-refractivity contribution in [1.29, 1.82) is 0 Å². The first-order chi connectivity index (χ1) is 6.65. The van der Waals surface area contributed by atoms with Crippen molar-refractivity contribution in [2.45, 2.75) is 26.3 Å². The molecule has 0 aliphatic heterocycles. The molecular weight excluding hydrogens is 237 g/mol. The van der Waals surface area contributed by atoms with E-state index in [4.69, 9.17) is 0 Å². The minimum atomic E-state index is -0.0145. The van der Waals surface area contributed by atoms with Gasteiger partial charge in [-0.15, -0.1) is 0 Å². The van der Waals surface area contributed by atoms with E-state index in [0.717, 1.165) is 10.8 Å². The molecule has 0 bridgehead atoms. The summed E-state index contributed by atoms with van der Waals surface area (Å²) in [6, 6.07) is 8.81. The van der Waals surface area contributed by atoms with Crippen molar-refractivity contribution in [1.82, 2.24) is 5.32 Å². The number of rotatable bonds is 3. The molecule has 0 fully saturated rings. The zero-order chi connectivity index (χ0) is 10.6. The van der Waals surface area contributed by atoms with Crippen molar-refractivity contribution < 1.29 is 4.79 Å². The maximum atomic E-state index is 11.7. The van der Waals surface area contributed by atoms with E-state index in [1.165, 1.54) is 16.9 Å². The van der Waals surface area contributed by atoms with Gasteiger partial charge in [0.25, 0.3) is 0 Å². The Balaban J connectivity index is 2.75. The van der Waals surface area contributed by atoms with Gasteiger partial charge in [-0.3, -0.25) is 0 Å². The van der Waals surface area contributed by atoms with Crippen LogP contribution in [0.2, 0.25) is 0 Å². The van der Waals surface area contributed by atoms with Crippen LogP contribution in [0, 0.1) is 6.07 Å². The van der Waals surface area contributed by atoms with Crippen LogP contribution in [-0.4, -0.2) is 28.8 Å². The van der Waals surface area contributed by atoms with Crippen molar-refractivity contribution in [3.63, 3.8) is 0 Å². The van der Waals surface area contributed by atoms with E-state index in [1.807, 2.05) is 19.1 Å². The van der Waals surface area contributed by atoms with Gasteiger partial charge in [-0.05, 0) is 0 Å². The van der Waals surface area contributed by atoms with Gasteiger partial charge in [0.1, 0.15) is 0 Å². The first-order valence-corrected chi connectivity index (χ1v) is 5.93. The van der Waals surface area contributed by atoms with E-state index in [9.17, 15) is 4.79 Å². The third kappa shape index (κ3) is 2.88. The Bertz CT molecular complexity index is 325. The normalized spacial score (nSPS) is 12.2. The summed E-state index contributed by atoms with van der Waals surface area (Å²) in [6.45, 7) is 4.05. The van der Waals surface area contributed by atoms with Crippen LogP contribution in [0.1, 0.15) is 30.6 Å². The molecule has 0 aliphatic carbocycles. The summed E-state index contributed by atoms with van der Waals surface area (Å²) in [5.41, 5.74) is 0.674. The molecule has 1 rings (SSSR count). The molecule has 3 heteroatoms. The molecular formula is C11H15AsNO. The summed E-state index contributed by atoms with van der Waals surface area (Å²) in [7, 11) is 0. The Morgan fingerprint density at radius 1 is 1.71 bits per heavy atom. The molecule has 75 valence electrons. The second kappa shape index (κ2) is 5.21. The van der Waals surface area contributed by atoms with Gasteiger partial charge in [0.15, 0.2) is 0 Å². The maximum absolute atomic E-state index is 11.7. The summed E-state index contributed by atoms with van der Waals surface area (Å²) >= 11 is 1.45. The Kier molecular flexibility index (Phi) is 4.21. The van der Waals surface area contributed by atoms with Gasteiger partial charge in [0.05, 0.1) is 0 Å². The van der Waals surface area contributed by atoms with E-state index >= 15 is 0 Å². The standard InChI is InChI=1S/C11H15AsNO/c1-3-8(2)13-11(14)9-6-4-5-7-10(9)12/h4-5,7-8H,3,12H2,1-2H3,(H,13,14). The molecule has 1 amide bonds. The van der Waals surface area contributed by atoms with Gasteiger partial charge < -0.3 is 0 Å². The molecule has 2 unspecified atom stereocenters. The predicted molar refractivity (Wildman–Crippen MR) is 60.7 cm³/mol. The van der Waals surface area contributed by atoms with Crippen molar-refractivity contribution in [2.75, 3.05) is 0 Å². The van der Waals surface area contributed by atoms with Gasteiger partial charge in [-0.25, -0.2) is 0 Å². The number of hydrogen-bond donors (Lipinski definition) is 1. The molecule has 14 heavy (non-hydrogen) atoms. The third-order valence-corrected chi connectivity index (χ3v) is 3.11. The molecule has 1 aromatic carbocycles. The van der Waals surface area contributed by atoms with Crippen molar-refractivity contribution in [2.24, 2.45) is 0 Å². The SMILES string of the molecule is CCC(C)NC(=O)c1[c]cccc1[AsH2]. The first kappa shape index (κ1) is 11.3. The zero-order valence-corrected chi connectivity index (χ0v) is 10.9. The van der Waals surface area contributed by atoms with Crippen molar-refractivity contribution >= 4 is 27.1 Å². The van der Waals surface area contributed by atoms with Crippen LogP contribution < -0.4 is 9.67 Å². The molecule has 0 saturated carbocycles. The fraction of sp³-hybridized carbons (Fsp3) is 0.364. The average molecular weight is 252 g/mol. The Morgan fingerprint density at radius 2 is 2.43 bits per heavy atom. The van der Waals surface area contributed by atoms with E-state index in [1.54, 1.807) is 6.07 Å². The van der Waals surface area contributed by atoms with Crippen LogP contribution in [-0.2, 0) is 0 Å². The van der Waals surface area contributed by atoms with Crippen LogP contribution in [0.5, 0.6) is 0 Å². The number of carbonyl (C=O) groups excluding carboxylic acids is 1. The molecule has 1 aromatic rings. The summed E-state index contributed by atoms with van der Waals surface area (Å²) in [6.07, 6.45) is 0.947.